The minimum Gasteiger partial charge on any atom is -0.446 e. The number of carbonyl (C=O) groups excluding carboxylic acids is 2. The number of carbonyl (C=O) groups is 2. The lowest BCUT2D eigenvalue weighted by molar-refractivity contribution is -0.385. The van der Waals surface area contributed by atoms with E-state index in [1.807, 2.05) is 0 Å². The minimum absolute atomic E-state index is 0.112. The van der Waals surface area contributed by atoms with Gasteiger partial charge in [0, 0.05) is 37.1 Å². The van der Waals surface area contributed by atoms with Gasteiger partial charge < -0.3 is 9.47 Å². The van der Waals surface area contributed by atoms with Crippen LogP contribution in [0.1, 0.15) is 31.2 Å². The molecule has 138 valence electrons. The van der Waals surface area contributed by atoms with Crippen LogP contribution in [0.5, 0.6) is 5.75 Å². The van der Waals surface area contributed by atoms with E-state index in [1.165, 1.54) is 32.0 Å². The first-order valence-electron chi connectivity index (χ1n) is 7.93. The van der Waals surface area contributed by atoms with Crippen molar-refractivity contribution in [3.63, 3.8) is 0 Å². The second-order valence-electron chi connectivity index (χ2n) is 5.71. The molecule has 1 aliphatic rings. The molecular formula is C18H15N3O6. The van der Waals surface area contributed by atoms with Gasteiger partial charge in [-0.2, -0.15) is 5.01 Å². The van der Waals surface area contributed by atoms with Crippen molar-refractivity contribution < 1.29 is 24.0 Å². The zero-order valence-corrected chi connectivity index (χ0v) is 14.5. The standard InChI is InChI=1S/C18H15N3O6/c1-11(22)20-18(14-4-3-5-15(10-14)21(24)25)27-17(19-20)13-6-8-16(9-7-13)26-12(2)23/h3-10,18H,1-2H3/t18-/m0/s1. The Bertz CT molecular complexity index is 938. The number of amides is 1. The van der Waals surface area contributed by atoms with Gasteiger partial charge in [-0.15, -0.1) is 5.10 Å². The molecule has 0 saturated heterocycles. The summed E-state index contributed by atoms with van der Waals surface area (Å²) in [6, 6.07) is 12.2. The molecule has 0 bridgehead atoms. The van der Waals surface area contributed by atoms with Crippen molar-refractivity contribution in [2.75, 3.05) is 0 Å². The first kappa shape index (κ1) is 18.1. The minimum atomic E-state index is -0.912. The third kappa shape index (κ3) is 3.92. The molecule has 27 heavy (non-hydrogen) atoms. The van der Waals surface area contributed by atoms with E-state index in [9.17, 15) is 19.7 Å². The van der Waals surface area contributed by atoms with E-state index in [-0.39, 0.29) is 17.5 Å². The van der Waals surface area contributed by atoms with Gasteiger partial charge in [0.05, 0.1) is 4.92 Å². The highest BCUT2D eigenvalue weighted by molar-refractivity contribution is 5.96. The van der Waals surface area contributed by atoms with Crippen molar-refractivity contribution in [2.45, 2.75) is 20.1 Å². The Kier molecular flexibility index (Phi) is 4.84. The number of rotatable bonds is 4. The number of non-ortho nitro benzene ring substituents is 1. The quantitative estimate of drug-likeness (QED) is 0.355. The molecule has 2 aromatic rings. The summed E-state index contributed by atoms with van der Waals surface area (Å²) in [4.78, 5) is 33.4. The highest BCUT2D eigenvalue weighted by Crippen LogP contribution is 2.32. The second-order valence-corrected chi connectivity index (χ2v) is 5.71. The number of hydrazone groups is 1. The summed E-state index contributed by atoms with van der Waals surface area (Å²) >= 11 is 0. The predicted molar refractivity (Wildman–Crippen MR) is 93.7 cm³/mol. The molecule has 9 nitrogen and oxygen atoms in total. The first-order chi connectivity index (χ1) is 12.8. The molecule has 0 N–H and O–H groups in total. The topological polar surface area (TPSA) is 111 Å². The van der Waals surface area contributed by atoms with Crippen LogP contribution in [-0.2, 0) is 14.3 Å². The number of benzene rings is 2. The maximum absolute atomic E-state index is 11.9. The lowest BCUT2D eigenvalue weighted by atomic mass is 10.1. The predicted octanol–water partition coefficient (Wildman–Crippen LogP) is 2.76. The van der Waals surface area contributed by atoms with Crippen molar-refractivity contribution in [3.05, 3.63) is 69.8 Å². The Labute approximate surface area is 154 Å². The van der Waals surface area contributed by atoms with Crippen LogP contribution >= 0.6 is 0 Å². The Hall–Kier alpha value is -3.75. The average molecular weight is 369 g/mol. The SMILES string of the molecule is CC(=O)Oc1ccc(C2=NN(C(C)=O)[C@H](c3cccc([N+](=O)[O-])c3)O2)cc1. The van der Waals surface area contributed by atoms with Gasteiger partial charge in [-0.05, 0) is 24.3 Å². The normalized spacial score (nSPS) is 15.7. The van der Waals surface area contributed by atoms with Gasteiger partial charge in [0.2, 0.25) is 18.0 Å². The van der Waals surface area contributed by atoms with Gasteiger partial charge in [-0.3, -0.25) is 19.7 Å². The summed E-state index contributed by atoms with van der Waals surface area (Å²) in [6.45, 7) is 2.62. The maximum atomic E-state index is 11.9. The van der Waals surface area contributed by atoms with Crippen LogP contribution in [0, 0.1) is 10.1 Å². The summed E-state index contributed by atoms with van der Waals surface area (Å²) < 4.78 is 10.8. The van der Waals surface area contributed by atoms with E-state index in [0.717, 1.165) is 5.01 Å². The highest BCUT2D eigenvalue weighted by atomic mass is 16.6. The molecule has 0 fully saturated rings. The number of ether oxygens (including phenoxy) is 2. The number of nitro benzene ring substituents is 1. The van der Waals surface area contributed by atoms with Crippen molar-refractivity contribution in [1.82, 2.24) is 5.01 Å². The van der Waals surface area contributed by atoms with Crippen molar-refractivity contribution >= 4 is 23.5 Å². The zero-order valence-electron chi connectivity index (χ0n) is 14.5. The van der Waals surface area contributed by atoms with Crippen LogP contribution < -0.4 is 4.74 Å². The molecule has 0 aromatic heterocycles. The Balaban J connectivity index is 1.88. The fourth-order valence-electron chi connectivity index (χ4n) is 2.52. The molecule has 0 unspecified atom stereocenters. The number of nitrogens with zero attached hydrogens (tertiary/aromatic N) is 3. The molecule has 0 aliphatic carbocycles. The van der Waals surface area contributed by atoms with Crippen molar-refractivity contribution in [2.24, 2.45) is 5.10 Å². The second kappa shape index (κ2) is 7.24. The largest absolute Gasteiger partial charge is 0.446 e. The summed E-state index contributed by atoms with van der Waals surface area (Å²) in [7, 11) is 0. The van der Waals surface area contributed by atoms with Gasteiger partial charge in [0.15, 0.2) is 0 Å². The Morgan fingerprint density at radius 2 is 1.89 bits per heavy atom. The average Bonchev–Trinajstić information content (AvgIpc) is 3.07. The summed E-state index contributed by atoms with van der Waals surface area (Å²) in [6.07, 6.45) is -0.912. The number of hydrogen-bond donors (Lipinski definition) is 0. The van der Waals surface area contributed by atoms with Crippen LogP contribution in [0.15, 0.2) is 53.6 Å². The summed E-state index contributed by atoms with van der Waals surface area (Å²) in [5.41, 5.74) is 0.874. The lowest BCUT2D eigenvalue weighted by Gasteiger charge is -2.19. The van der Waals surface area contributed by atoms with Crippen LogP contribution in [0.2, 0.25) is 0 Å². The van der Waals surface area contributed by atoms with Gasteiger partial charge >= 0.3 is 5.97 Å². The van der Waals surface area contributed by atoms with Crippen LogP contribution in [0.3, 0.4) is 0 Å². The smallest absolute Gasteiger partial charge is 0.308 e. The zero-order chi connectivity index (χ0) is 19.6. The molecule has 0 saturated carbocycles. The monoisotopic (exact) mass is 369 g/mol. The summed E-state index contributed by atoms with van der Waals surface area (Å²) in [5, 5.41) is 16.3. The van der Waals surface area contributed by atoms with Crippen LogP contribution in [0.25, 0.3) is 0 Å². The lowest BCUT2D eigenvalue weighted by Crippen LogP contribution is -2.25. The molecule has 0 radical (unpaired) electrons. The van der Waals surface area contributed by atoms with E-state index in [1.54, 1.807) is 30.3 Å². The van der Waals surface area contributed by atoms with E-state index in [0.29, 0.717) is 16.9 Å². The van der Waals surface area contributed by atoms with Crippen molar-refractivity contribution in [1.29, 1.82) is 0 Å². The number of nitro groups is 1. The molecule has 1 heterocycles. The molecule has 1 atom stereocenters. The molecule has 1 amide bonds. The van der Waals surface area contributed by atoms with Crippen LogP contribution in [0.4, 0.5) is 5.69 Å². The molecule has 0 spiro atoms. The maximum Gasteiger partial charge on any atom is 0.308 e. The van der Waals surface area contributed by atoms with Crippen molar-refractivity contribution in [3.8, 4) is 5.75 Å². The highest BCUT2D eigenvalue weighted by Gasteiger charge is 2.33. The van der Waals surface area contributed by atoms with E-state index in [2.05, 4.69) is 5.10 Å². The first-order valence-corrected chi connectivity index (χ1v) is 7.93. The molecule has 1 aliphatic heterocycles. The van der Waals surface area contributed by atoms with Gasteiger partial charge in [-0.1, -0.05) is 12.1 Å². The molecule has 2 aromatic carbocycles. The van der Waals surface area contributed by atoms with E-state index < -0.39 is 17.1 Å². The Morgan fingerprint density at radius 1 is 1.19 bits per heavy atom. The molecular weight excluding hydrogens is 354 g/mol. The third-order valence-corrected chi connectivity index (χ3v) is 3.70. The van der Waals surface area contributed by atoms with Gasteiger partial charge in [0.1, 0.15) is 5.75 Å². The van der Waals surface area contributed by atoms with Crippen LogP contribution in [-0.4, -0.2) is 27.7 Å². The number of hydrogen-bond acceptors (Lipinski definition) is 7. The van der Waals surface area contributed by atoms with Gasteiger partial charge in [-0.25, -0.2) is 0 Å². The number of esters is 1. The van der Waals surface area contributed by atoms with E-state index >= 15 is 0 Å². The Morgan fingerprint density at radius 3 is 2.48 bits per heavy atom. The summed E-state index contributed by atoms with van der Waals surface area (Å²) in [5.74, 6) is -0.275. The van der Waals surface area contributed by atoms with E-state index in [4.69, 9.17) is 9.47 Å². The fraction of sp³-hybridized carbons (Fsp3) is 0.167. The van der Waals surface area contributed by atoms with Gasteiger partial charge in [0.25, 0.3) is 5.69 Å². The molecule has 9 heteroatoms. The third-order valence-electron chi connectivity index (χ3n) is 3.70. The molecule has 3 rings (SSSR count). The fourth-order valence-corrected chi connectivity index (χ4v) is 2.52.